The number of rotatable bonds is 2. The molecule has 0 saturated carbocycles. The van der Waals surface area contributed by atoms with E-state index >= 15 is 0 Å². The van der Waals surface area contributed by atoms with E-state index in [1.807, 2.05) is 32.2 Å². The molecule has 13 heavy (non-hydrogen) atoms. The first-order valence-corrected chi connectivity index (χ1v) is 4.50. The predicted molar refractivity (Wildman–Crippen MR) is 58.3 cm³/mol. The summed E-state index contributed by atoms with van der Waals surface area (Å²) in [6.07, 6.45) is 8.02. The van der Waals surface area contributed by atoms with Crippen LogP contribution in [0, 0.1) is 0 Å². The van der Waals surface area contributed by atoms with Crippen LogP contribution in [0.3, 0.4) is 0 Å². The Morgan fingerprint density at radius 3 is 2.77 bits per heavy atom. The van der Waals surface area contributed by atoms with Crippen LogP contribution >= 0.6 is 0 Å². The smallest absolute Gasteiger partial charge is 0.0727 e. The third kappa shape index (κ3) is 2.28. The summed E-state index contributed by atoms with van der Waals surface area (Å²) in [6.45, 7) is 6.13. The second-order valence-electron chi connectivity index (χ2n) is 2.91. The van der Waals surface area contributed by atoms with Crippen molar-refractivity contribution in [1.29, 1.82) is 0 Å². The first kappa shape index (κ1) is 9.72. The minimum Gasteiger partial charge on any atom is -0.256 e. The molecule has 0 bridgehead atoms. The van der Waals surface area contributed by atoms with Crippen LogP contribution in [-0.2, 0) is 0 Å². The van der Waals surface area contributed by atoms with E-state index in [9.17, 15) is 0 Å². The zero-order chi connectivity index (χ0) is 9.68. The average Bonchev–Trinajstić information content (AvgIpc) is 2.18. The maximum atomic E-state index is 4.35. The van der Waals surface area contributed by atoms with Crippen LogP contribution in [0.4, 0.5) is 0 Å². The number of aromatic nitrogens is 1. The Morgan fingerprint density at radius 2 is 2.15 bits per heavy atom. The van der Waals surface area contributed by atoms with Crippen molar-refractivity contribution in [2.45, 2.75) is 20.8 Å². The molecular weight excluding hydrogens is 158 g/mol. The van der Waals surface area contributed by atoms with E-state index < -0.39 is 0 Å². The van der Waals surface area contributed by atoms with Crippen molar-refractivity contribution < 1.29 is 0 Å². The second kappa shape index (κ2) is 4.61. The lowest BCUT2D eigenvalue weighted by Crippen LogP contribution is -1.89. The highest BCUT2D eigenvalue weighted by Crippen LogP contribution is 2.16. The number of pyridine rings is 1. The normalized spacial score (nSPS) is 12.4. The van der Waals surface area contributed by atoms with Crippen molar-refractivity contribution in [2.75, 3.05) is 0 Å². The van der Waals surface area contributed by atoms with Gasteiger partial charge < -0.3 is 0 Å². The van der Waals surface area contributed by atoms with E-state index in [1.165, 1.54) is 11.1 Å². The molecule has 1 heterocycles. The molecular formula is C12H15N. The van der Waals surface area contributed by atoms with Gasteiger partial charge in [-0.15, -0.1) is 0 Å². The summed E-state index contributed by atoms with van der Waals surface area (Å²) >= 11 is 0. The highest BCUT2D eigenvalue weighted by molar-refractivity contribution is 5.69. The van der Waals surface area contributed by atoms with E-state index in [4.69, 9.17) is 0 Å². The predicted octanol–water partition coefficient (Wildman–Crippen LogP) is 3.54. The minimum absolute atomic E-state index is 1.07. The molecule has 1 nitrogen and oxygen atoms in total. The van der Waals surface area contributed by atoms with E-state index in [1.54, 1.807) is 0 Å². The van der Waals surface area contributed by atoms with Gasteiger partial charge in [-0.3, -0.25) is 4.98 Å². The topological polar surface area (TPSA) is 12.9 Å². The van der Waals surface area contributed by atoms with E-state index in [0.29, 0.717) is 0 Å². The van der Waals surface area contributed by atoms with Crippen LogP contribution < -0.4 is 0 Å². The van der Waals surface area contributed by atoms with Crippen LogP contribution in [0.25, 0.3) is 11.6 Å². The molecule has 1 aromatic heterocycles. The first-order chi connectivity index (χ1) is 6.29. The van der Waals surface area contributed by atoms with Gasteiger partial charge in [-0.25, -0.2) is 0 Å². The molecule has 0 aromatic carbocycles. The van der Waals surface area contributed by atoms with Gasteiger partial charge in [0.25, 0.3) is 0 Å². The molecule has 0 aliphatic rings. The van der Waals surface area contributed by atoms with Gasteiger partial charge in [0.05, 0.1) is 5.69 Å². The fraction of sp³-hybridized carbons (Fsp3) is 0.250. The molecule has 0 fully saturated rings. The van der Waals surface area contributed by atoms with Gasteiger partial charge >= 0.3 is 0 Å². The molecule has 68 valence electrons. The molecule has 0 spiro atoms. The molecule has 0 aliphatic carbocycles. The maximum Gasteiger partial charge on any atom is 0.0727 e. The molecule has 1 aromatic rings. The highest BCUT2D eigenvalue weighted by Gasteiger charge is 2.00. The molecule has 0 radical (unpaired) electrons. The third-order valence-electron chi connectivity index (χ3n) is 1.99. The molecule has 0 unspecified atom stereocenters. The minimum atomic E-state index is 1.07. The summed E-state index contributed by atoms with van der Waals surface area (Å²) in [6, 6.07) is 4.04. The zero-order valence-electron chi connectivity index (χ0n) is 8.41. The van der Waals surface area contributed by atoms with Crippen LogP contribution in [0.15, 0.2) is 30.5 Å². The van der Waals surface area contributed by atoms with E-state index in [-0.39, 0.29) is 0 Å². The Balaban J connectivity index is 3.19. The van der Waals surface area contributed by atoms with Crippen LogP contribution in [0.2, 0.25) is 0 Å². The summed E-state index contributed by atoms with van der Waals surface area (Å²) < 4.78 is 0. The second-order valence-corrected chi connectivity index (χ2v) is 2.91. The molecule has 0 N–H and O–H groups in total. The lowest BCUT2D eigenvalue weighted by atomic mass is 10.1. The first-order valence-electron chi connectivity index (χ1n) is 4.50. The van der Waals surface area contributed by atoms with Crippen molar-refractivity contribution in [2.24, 2.45) is 0 Å². The third-order valence-corrected chi connectivity index (χ3v) is 1.99. The molecule has 1 rings (SSSR count). The van der Waals surface area contributed by atoms with Gasteiger partial charge in [0.2, 0.25) is 0 Å². The highest BCUT2D eigenvalue weighted by atomic mass is 14.7. The van der Waals surface area contributed by atoms with Crippen LogP contribution in [-0.4, -0.2) is 4.98 Å². The van der Waals surface area contributed by atoms with Gasteiger partial charge in [0.15, 0.2) is 0 Å². The number of hydrogen-bond acceptors (Lipinski definition) is 1. The van der Waals surface area contributed by atoms with Crippen LogP contribution in [0.1, 0.15) is 32.0 Å². The largest absolute Gasteiger partial charge is 0.256 e. The quantitative estimate of drug-likeness (QED) is 0.666. The maximum absolute atomic E-state index is 4.35. The Kier molecular flexibility index (Phi) is 3.44. The lowest BCUT2D eigenvalue weighted by Gasteiger charge is -2.03. The zero-order valence-corrected chi connectivity index (χ0v) is 8.41. The summed E-state index contributed by atoms with van der Waals surface area (Å²) in [5.41, 5.74) is 3.47. The van der Waals surface area contributed by atoms with Crippen LogP contribution in [0.5, 0.6) is 0 Å². The van der Waals surface area contributed by atoms with Crippen molar-refractivity contribution in [3.63, 3.8) is 0 Å². The fourth-order valence-corrected chi connectivity index (χ4v) is 1.20. The van der Waals surface area contributed by atoms with Gasteiger partial charge in [0, 0.05) is 11.8 Å². The fourth-order valence-electron chi connectivity index (χ4n) is 1.20. The van der Waals surface area contributed by atoms with Crippen molar-refractivity contribution in [1.82, 2.24) is 4.98 Å². The Bertz CT molecular complexity index is 335. The van der Waals surface area contributed by atoms with E-state index in [2.05, 4.69) is 30.1 Å². The summed E-state index contributed by atoms with van der Waals surface area (Å²) in [7, 11) is 0. The average molecular weight is 173 g/mol. The molecule has 0 amide bonds. The molecule has 0 aliphatic heterocycles. The Hall–Kier alpha value is -1.37. The molecule has 0 atom stereocenters. The lowest BCUT2D eigenvalue weighted by molar-refractivity contribution is 1.25. The van der Waals surface area contributed by atoms with Gasteiger partial charge in [-0.1, -0.05) is 24.3 Å². The number of nitrogens with zero attached hydrogens (tertiary/aromatic N) is 1. The summed E-state index contributed by atoms with van der Waals surface area (Å²) in [4.78, 5) is 4.35. The summed E-state index contributed by atoms with van der Waals surface area (Å²) in [5, 5.41) is 0. The van der Waals surface area contributed by atoms with Crippen molar-refractivity contribution >= 4 is 11.6 Å². The number of allylic oxidation sites excluding steroid dienone is 3. The monoisotopic (exact) mass is 173 g/mol. The summed E-state index contributed by atoms with van der Waals surface area (Å²) in [5.74, 6) is 0. The van der Waals surface area contributed by atoms with Gasteiger partial charge in [-0.05, 0) is 32.4 Å². The number of hydrogen-bond donors (Lipinski definition) is 0. The Labute approximate surface area is 79.8 Å². The van der Waals surface area contributed by atoms with Gasteiger partial charge in [-0.2, -0.15) is 0 Å². The molecule has 1 heteroatoms. The molecule has 0 saturated heterocycles. The van der Waals surface area contributed by atoms with Crippen molar-refractivity contribution in [3.05, 3.63) is 41.7 Å². The SMILES string of the molecule is C/C=C\c1cccnc1/C(C)=C\C. The standard InChI is InChI=1S/C12H15N/c1-4-7-11-8-6-9-13-12(11)10(3)5-2/h4-9H,1-3H3/b7-4-,10-5-. The van der Waals surface area contributed by atoms with E-state index in [0.717, 1.165) is 5.69 Å². The van der Waals surface area contributed by atoms with Gasteiger partial charge in [0.1, 0.15) is 0 Å². The Morgan fingerprint density at radius 1 is 1.38 bits per heavy atom. The van der Waals surface area contributed by atoms with Crippen molar-refractivity contribution in [3.8, 4) is 0 Å².